The molecule has 0 aliphatic carbocycles. The summed E-state index contributed by atoms with van der Waals surface area (Å²) in [6.45, 7) is 8.40. The minimum atomic E-state index is -1.58. The maximum Gasteiger partial charge on any atom is 0.418 e. The Kier molecular flexibility index (Phi) is 5.79. The maximum absolute atomic E-state index is 14.1. The molecule has 1 unspecified atom stereocenters. The third-order valence-corrected chi connectivity index (χ3v) is 6.16. The maximum atomic E-state index is 14.1. The number of carbonyl (C=O) groups is 4. The van der Waals surface area contributed by atoms with Crippen LogP contribution in [-0.4, -0.2) is 36.6 Å². The number of imide groups is 1. The zero-order valence-corrected chi connectivity index (χ0v) is 20.7. The molecule has 35 heavy (non-hydrogen) atoms. The normalized spacial score (nSPS) is 19.0. The Hall–Kier alpha value is -3.94. The number of esters is 1. The smallest absolute Gasteiger partial charge is 0.418 e. The van der Waals surface area contributed by atoms with E-state index in [9.17, 15) is 19.2 Å². The van der Waals surface area contributed by atoms with Crippen LogP contribution in [0, 0.1) is 6.92 Å². The summed E-state index contributed by atoms with van der Waals surface area (Å²) in [6, 6.07) is 12.4. The van der Waals surface area contributed by atoms with Crippen molar-refractivity contribution in [2.45, 2.75) is 52.1 Å². The second kappa shape index (κ2) is 8.37. The molecule has 4 rings (SSSR count). The van der Waals surface area contributed by atoms with Gasteiger partial charge in [0.1, 0.15) is 11.0 Å². The van der Waals surface area contributed by atoms with Gasteiger partial charge in [0.2, 0.25) is 11.8 Å². The number of benzene rings is 2. The van der Waals surface area contributed by atoms with Crippen molar-refractivity contribution < 1.29 is 28.7 Å². The summed E-state index contributed by atoms with van der Waals surface area (Å²) in [7, 11) is 1.21. The molecular formula is C27H28N2O6. The summed E-state index contributed by atoms with van der Waals surface area (Å²) < 4.78 is 10.7. The Morgan fingerprint density at radius 2 is 1.71 bits per heavy atom. The highest BCUT2D eigenvalue weighted by atomic mass is 16.6. The van der Waals surface area contributed by atoms with Crippen LogP contribution in [0.15, 0.2) is 54.2 Å². The lowest BCUT2D eigenvalue weighted by molar-refractivity contribution is -0.139. The van der Waals surface area contributed by atoms with Crippen molar-refractivity contribution >= 4 is 35.3 Å². The van der Waals surface area contributed by atoms with Crippen LogP contribution in [0.4, 0.5) is 16.2 Å². The Morgan fingerprint density at radius 3 is 2.34 bits per heavy atom. The molecule has 2 heterocycles. The van der Waals surface area contributed by atoms with Gasteiger partial charge >= 0.3 is 12.1 Å². The molecule has 0 saturated carbocycles. The van der Waals surface area contributed by atoms with E-state index in [1.54, 1.807) is 63.2 Å². The first kappa shape index (κ1) is 24.2. The van der Waals surface area contributed by atoms with E-state index in [0.717, 1.165) is 10.5 Å². The third-order valence-electron chi connectivity index (χ3n) is 6.16. The lowest BCUT2D eigenvalue weighted by atomic mass is 9.71. The van der Waals surface area contributed by atoms with Crippen molar-refractivity contribution in [2.24, 2.45) is 0 Å². The van der Waals surface area contributed by atoms with Crippen LogP contribution in [0.1, 0.15) is 44.4 Å². The predicted octanol–water partition coefficient (Wildman–Crippen LogP) is 4.18. The van der Waals surface area contributed by atoms with Gasteiger partial charge in [0.05, 0.1) is 24.1 Å². The molecule has 0 bridgehead atoms. The van der Waals surface area contributed by atoms with Crippen molar-refractivity contribution in [3.63, 3.8) is 0 Å². The Bertz CT molecular complexity index is 1290. The first-order chi connectivity index (χ1) is 16.4. The SMILES string of the molecule is COC(=O)C1=CN(C(=O)OC(C)(C)C)c2ccccc2CC12C(=O)N(C(C)=O)c1ccc(C)cc12. The topological polar surface area (TPSA) is 93.2 Å². The number of aryl methyl sites for hydroxylation is 1. The molecule has 8 nitrogen and oxygen atoms in total. The number of para-hydroxylation sites is 1. The van der Waals surface area contributed by atoms with E-state index in [0.29, 0.717) is 22.5 Å². The molecule has 2 aromatic carbocycles. The molecule has 0 radical (unpaired) electrons. The number of ether oxygens (including phenoxy) is 2. The number of anilines is 2. The fourth-order valence-electron chi connectivity index (χ4n) is 4.73. The first-order valence-corrected chi connectivity index (χ1v) is 11.3. The summed E-state index contributed by atoms with van der Waals surface area (Å²) in [5, 5.41) is 0. The van der Waals surface area contributed by atoms with E-state index in [-0.39, 0.29) is 12.0 Å². The number of fused-ring (bicyclic) bond motifs is 3. The van der Waals surface area contributed by atoms with Gasteiger partial charge < -0.3 is 9.47 Å². The second-order valence-corrected chi connectivity index (χ2v) is 9.78. The molecule has 3 amide bonds. The molecule has 1 atom stereocenters. The molecule has 8 heteroatoms. The van der Waals surface area contributed by atoms with Crippen LogP contribution in [0.25, 0.3) is 0 Å². The quantitative estimate of drug-likeness (QED) is 0.574. The Labute approximate surface area is 204 Å². The largest absolute Gasteiger partial charge is 0.466 e. The molecule has 0 saturated heterocycles. The van der Waals surface area contributed by atoms with Crippen LogP contribution in [0.3, 0.4) is 0 Å². The molecule has 2 aromatic rings. The molecular weight excluding hydrogens is 448 g/mol. The third kappa shape index (κ3) is 3.88. The molecule has 182 valence electrons. The van der Waals surface area contributed by atoms with Gasteiger partial charge in [-0.25, -0.2) is 14.5 Å². The monoisotopic (exact) mass is 476 g/mol. The van der Waals surface area contributed by atoms with Crippen LogP contribution in [-0.2, 0) is 35.7 Å². The molecule has 0 aromatic heterocycles. The number of hydrogen-bond donors (Lipinski definition) is 0. The fraction of sp³-hybridized carbons (Fsp3) is 0.333. The van der Waals surface area contributed by atoms with Gasteiger partial charge in [0.15, 0.2) is 0 Å². The van der Waals surface area contributed by atoms with E-state index < -0.39 is 34.9 Å². The van der Waals surface area contributed by atoms with Crippen molar-refractivity contribution in [1.82, 2.24) is 0 Å². The predicted molar refractivity (Wildman–Crippen MR) is 130 cm³/mol. The van der Waals surface area contributed by atoms with Crippen molar-refractivity contribution in [1.29, 1.82) is 0 Å². The average Bonchev–Trinajstić information content (AvgIpc) is 2.91. The zero-order valence-electron chi connectivity index (χ0n) is 20.7. The lowest BCUT2D eigenvalue weighted by Gasteiger charge is -2.29. The number of amides is 3. The Morgan fingerprint density at radius 1 is 1.03 bits per heavy atom. The van der Waals surface area contributed by atoms with Gasteiger partial charge in [-0.15, -0.1) is 0 Å². The van der Waals surface area contributed by atoms with Gasteiger partial charge in [0, 0.05) is 13.1 Å². The van der Waals surface area contributed by atoms with E-state index >= 15 is 0 Å². The van der Waals surface area contributed by atoms with Crippen LogP contribution in [0.5, 0.6) is 0 Å². The van der Waals surface area contributed by atoms with Crippen molar-refractivity contribution in [3.8, 4) is 0 Å². The minimum Gasteiger partial charge on any atom is -0.466 e. The van der Waals surface area contributed by atoms with E-state index in [1.165, 1.54) is 25.1 Å². The average molecular weight is 477 g/mol. The van der Waals surface area contributed by atoms with Crippen LogP contribution in [0.2, 0.25) is 0 Å². The fourth-order valence-corrected chi connectivity index (χ4v) is 4.73. The standard InChI is InChI=1S/C27H28N2O6/c1-16-11-12-22-19(13-16)27(24(32)29(22)17(2)30)14-18-9-7-8-10-21(18)28(15-20(27)23(31)34-6)25(33)35-26(3,4)5/h7-13,15H,14H2,1-6H3. The second-order valence-electron chi connectivity index (χ2n) is 9.78. The van der Waals surface area contributed by atoms with Crippen molar-refractivity contribution in [2.75, 3.05) is 16.9 Å². The van der Waals surface area contributed by atoms with Crippen LogP contribution < -0.4 is 9.80 Å². The van der Waals surface area contributed by atoms with E-state index in [2.05, 4.69) is 0 Å². The minimum absolute atomic E-state index is 0.0441. The molecule has 2 aliphatic heterocycles. The van der Waals surface area contributed by atoms with Gasteiger partial charge in [0.25, 0.3) is 0 Å². The lowest BCUT2D eigenvalue weighted by Crippen LogP contribution is -2.47. The number of hydrogen-bond acceptors (Lipinski definition) is 6. The number of carbonyl (C=O) groups excluding carboxylic acids is 4. The van der Waals surface area contributed by atoms with Gasteiger partial charge in [-0.1, -0.05) is 35.9 Å². The van der Waals surface area contributed by atoms with Crippen molar-refractivity contribution in [3.05, 3.63) is 70.9 Å². The van der Waals surface area contributed by atoms with Gasteiger partial charge in [-0.3, -0.25) is 14.5 Å². The zero-order chi connectivity index (χ0) is 25.7. The molecule has 0 N–H and O–H groups in total. The number of methoxy groups -OCH3 is 1. The Balaban J connectivity index is 2.07. The number of rotatable bonds is 1. The van der Waals surface area contributed by atoms with E-state index in [1.807, 2.05) is 6.92 Å². The summed E-state index contributed by atoms with van der Waals surface area (Å²) in [6.07, 6.45) is 0.656. The molecule has 0 fully saturated rings. The first-order valence-electron chi connectivity index (χ1n) is 11.3. The van der Waals surface area contributed by atoms with E-state index in [4.69, 9.17) is 9.47 Å². The molecule has 1 spiro atoms. The van der Waals surface area contributed by atoms with Gasteiger partial charge in [-0.2, -0.15) is 0 Å². The summed E-state index contributed by atoms with van der Waals surface area (Å²) in [5.41, 5.74) is 0.458. The highest BCUT2D eigenvalue weighted by molar-refractivity contribution is 6.26. The molecule has 2 aliphatic rings. The number of nitrogens with zero attached hydrogens (tertiary/aromatic N) is 2. The summed E-state index contributed by atoms with van der Waals surface area (Å²) >= 11 is 0. The summed E-state index contributed by atoms with van der Waals surface area (Å²) in [5.74, 6) is -1.82. The van der Waals surface area contributed by atoms with Crippen LogP contribution >= 0.6 is 0 Å². The van der Waals surface area contributed by atoms with Gasteiger partial charge in [-0.05, 0) is 57.4 Å². The highest BCUT2D eigenvalue weighted by Crippen LogP contribution is 2.51. The summed E-state index contributed by atoms with van der Waals surface area (Å²) in [4.78, 5) is 55.6. The highest BCUT2D eigenvalue weighted by Gasteiger charge is 2.58.